The Balaban J connectivity index is 2.23. The van der Waals surface area contributed by atoms with Crippen molar-refractivity contribution in [2.45, 2.75) is 5.75 Å². The van der Waals surface area contributed by atoms with Crippen LogP contribution in [0.5, 0.6) is 0 Å². The van der Waals surface area contributed by atoms with Gasteiger partial charge in [-0.05, 0) is 11.6 Å². The molecule has 1 aliphatic rings. The van der Waals surface area contributed by atoms with Gasteiger partial charge in [-0.2, -0.15) is 4.31 Å². The molecule has 1 saturated heterocycles. The van der Waals surface area contributed by atoms with Gasteiger partial charge >= 0.3 is 5.97 Å². The van der Waals surface area contributed by atoms with E-state index < -0.39 is 16.0 Å². The van der Waals surface area contributed by atoms with E-state index >= 15 is 0 Å². The van der Waals surface area contributed by atoms with E-state index in [0.717, 1.165) is 0 Å². The molecule has 2 rings (SSSR count). The van der Waals surface area contributed by atoms with Gasteiger partial charge in [0.25, 0.3) is 0 Å². The number of hydrogen-bond acceptors (Lipinski definition) is 5. The van der Waals surface area contributed by atoms with Crippen molar-refractivity contribution in [3.05, 3.63) is 35.4 Å². The Morgan fingerprint density at radius 1 is 1.30 bits per heavy atom. The van der Waals surface area contributed by atoms with Crippen molar-refractivity contribution < 1.29 is 17.9 Å². The fraction of sp³-hybridized carbons (Fsp3) is 0.462. The van der Waals surface area contributed by atoms with Gasteiger partial charge in [0.2, 0.25) is 10.0 Å². The van der Waals surface area contributed by atoms with Gasteiger partial charge in [-0.15, -0.1) is 0 Å². The Hall–Kier alpha value is -1.44. The molecule has 1 heterocycles. The van der Waals surface area contributed by atoms with E-state index in [2.05, 4.69) is 10.1 Å². The maximum absolute atomic E-state index is 12.4. The molecule has 1 fully saturated rings. The van der Waals surface area contributed by atoms with E-state index in [1.807, 2.05) is 0 Å². The van der Waals surface area contributed by atoms with Crippen molar-refractivity contribution in [2.75, 3.05) is 33.3 Å². The van der Waals surface area contributed by atoms with Gasteiger partial charge in [-0.1, -0.05) is 18.2 Å². The molecule has 0 unspecified atom stereocenters. The van der Waals surface area contributed by atoms with E-state index in [9.17, 15) is 13.2 Å². The van der Waals surface area contributed by atoms with Crippen molar-refractivity contribution in [1.29, 1.82) is 0 Å². The van der Waals surface area contributed by atoms with Crippen LogP contribution in [0, 0.1) is 0 Å². The SMILES string of the molecule is COC(=O)c1ccccc1CS(=O)(=O)N1CCNCC1. The van der Waals surface area contributed by atoms with E-state index in [4.69, 9.17) is 0 Å². The summed E-state index contributed by atoms with van der Waals surface area (Å²) < 4.78 is 30.9. The average Bonchev–Trinajstić information content (AvgIpc) is 2.47. The number of piperazine rings is 1. The van der Waals surface area contributed by atoms with E-state index in [1.54, 1.807) is 24.3 Å². The van der Waals surface area contributed by atoms with Crippen LogP contribution in [0.1, 0.15) is 15.9 Å². The van der Waals surface area contributed by atoms with Crippen LogP contribution in [0.3, 0.4) is 0 Å². The summed E-state index contributed by atoms with van der Waals surface area (Å²) in [7, 11) is -2.13. The molecule has 1 aromatic rings. The zero-order valence-electron chi connectivity index (χ0n) is 11.3. The molecule has 20 heavy (non-hydrogen) atoms. The van der Waals surface area contributed by atoms with Crippen LogP contribution < -0.4 is 5.32 Å². The normalized spacial score (nSPS) is 16.9. The summed E-state index contributed by atoms with van der Waals surface area (Å²) in [5.41, 5.74) is 0.770. The van der Waals surface area contributed by atoms with Gasteiger partial charge in [0, 0.05) is 26.2 Å². The Bertz CT molecular complexity index is 580. The molecule has 0 saturated carbocycles. The highest BCUT2D eigenvalue weighted by Crippen LogP contribution is 2.16. The van der Waals surface area contributed by atoms with Crippen molar-refractivity contribution in [1.82, 2.24) is 9.62 Å². The fourth-order valence-electron chi connectivity index (χ4n) is 2.17. The molecule has 0 amide bonds. The lowest BCUT2D eigenvalue weighted by Crippen LogP contribution is -2.46. The lowest BCUT2D eigenvalue weighted by molar-refractivity contribution is 0.0600. The third-order valence-electron chi connectivity index (χ3n) is 3.23. The topological polar surface area (TPSA) is 75.7 Å². The Morgan fingerprint density at radius 3 is 2.60 bits per heavy atom. The van der Waals surface area contributed by atoms with Crippen LogP contribution >= 0.6 is 0 Å². The monoisotopic (exact) mass is 298 g/mol. The van der Waals surface area contributed by atoms with Gasteiger partial charge in [0.05, 0.1) is 18.4 Å². The second-order valence-electron chi connectivity index (χ2n) is 4.55. The summed E-state index contributed by atoms with van der Waals surface area (Å²) in [6, 6.07) is 6.63. The molecule has 7 heteroatoms. The zero-order chi connectivity index (χ0) is 14.6. The molecule has 1 aromatic carbocycles. The summed E-state index contributed by atoms with van der Waals surface area (Å²) in [4.78, 5) is 11.7. The molecule has 0 bridgehead atoms. The van der Waals surface area contributed by atoms with Crippen molar-refractivity contribution in [2.24, 2.45) is 0 Å². The Morgan fingerprint density at radius 2 is 1.95 bits per heavy atom. The number of hydrogen-bond donors (Lipinski definition) is 1. The third-order valence-corrected chi connectivity index (χ3v) is 5.06. The molecule has 0 aliphatic carbocycles. The minimum atomic E-state index is -3.42. The highest BCUT2D eigenvalue weighted by atomic mass is 32.2. The summed E-state index contributed by atoms with van der Waals surface area (Å²) in [6.45, 7) is 2.22. The number of rotatable bonds is 4. The summed E-state index contributed by atoms with van der Waals surface area (Å²) >= 11 is 0. The molecular formula is C13H18N2O4S. The molecule has 0 radical (unpaired) electrons. The molecule has 0 atom stereocenters. The molecule has 6 nitrogen and oxygen atoms in total. The van der Waals surface area contributed by atoms with E-state index in [-0.39, 0.29) is 5.75 Å². The van der Waals surface area contributed by atoms with Crippen molar-refractivity contribution in [3.8, 4) is 0 Å². The molecule has 1 N–H and O–H groups in total. The van der Waals surface area contributed by atoms with Crippen LogP contribution in [0.4, 0.5) is 0 Å². The maximum Gasteiger partial charge on any atom is 0.338 e. The van der Waals surface area contributed by atoms with Crippen LogP contribution in [-0.4, -0.2) is 52.0 Å². The quantitative estimate of drug-likeness (QED) is 0.804. The van der Waals surface area contributed by atoms with Crippen molar-refractivity contribution >= 4 is 16.0 Å². The van der Waals surface area contributed by atoms with Gasteiger partial charge in [0.1, 0.15) is 0 Å². The van der Waals surface area contributed by atoms with Gasteiger partial charge in [-0.3, -0.25) is 0 Å². The number of carbonyl (C=O) groups is 1. The minimum Gasteiger partial charge on any atom is -0.465 e. The second kappa shape index (κ2) is 6.34. The van der Waals surface area contributed by atoms with Crippen LogP contribution in [0.15, 0.2) is 24.3 Å². The summed E-state index contributed by atoms with van der Waals surface area (Å²) in [5, 5.41) is 3.11. The number of carbonyl (C=O) groups excluding carboxylic acids is 1. The number of ether oxygens (including phenoxy) is 1. The number of nitrogens with one attached hydrogen (secondary N) is 1. The first-order valence-corrected chi connectivity index (χ1v) is 8.00. The highest BCUT2D eigenvalue weighted by molar-refractivity contribution is 7.88. The average molecular weight is 298 g/mol. The lowest BCUT2D eigenvalue weighted by Gasteiger charge is -2.26. The smallest absolute Gasteiger partial charge is 0.338 e. The third kappa shape index (κ3) is 3.36. The largest absolute Gasteiger partial charge is 0.465 e. The summed E-state index contributed by atoms with van der Waals surface area (Å²) in [5.74, 6) is -0.700. The summed E-state index contributed by atoms with van der Waals surface area (Å²) in [6.07, 6.45) is 0. The Kier molecular flexibility index (Phi) is 4.74. The second-order valence-corrected chi connectivity index (χ2v) is 6.52. The molecule has 0 spiro atoms. The molecule has 0 aromatic heterocycles. The van der Waals surface area contributed by atoms with Gasteiger partial charge < -0.3 is 10.1 Å². The zero-order valence-corrected chi connectivity index (χ0v) is 12.1. The minimum absolute atomic E-state index is 0.182. The predicted molar refractivity (Wildman–Crippen MR) is 74.8 cm³/mol. The van der Waals surface area contributed by atoms with Crippen molar-refractivity contribution in [3.63, 3.8) is 0 Å². The first-order valence-electron chi connectivity index (χ1n) is 6.39. The predicted octanol–water partition coefficient (Wildman–Crippen LogP) is 0.208. The number of esters is 1. The van der Waals surface area contributed by atoms with Crippen LogP contribution in [-0.2, 0) is 20.5 Å². The van der Waals surface area contributed by atoms with E-state index in [0.29, 0.717) is 37.3 Å². The standard InChI is InChI=1S/C13H18N2O4S/c1-19-13(16)12-5-3-2-4-11(12)10-20(17,18)15-8-6-14-7-9-15/h2-5,14H,6-10H2,1H3. The van der Waals surface area contributed by atoms with Crippen LogP contribution in [0.25, 0.3) is 0 Å². The first-order chi connectivity index (χ1) is 9.54. The first kappa shape index (κ1) is 15.0. The van der Waals surface area contributed by atoms with Gasteiger partial charge in [-0.25, -0.2) is 13.2 Å². The highest BCUT2D eigenvalue weighted by Gasteiger charge is 2.25. The molecule has 110 valence electrons. The number of methoxy groups -OCH3 is 1. The number of nitrogens with zero attached hydrogens (tertiary/aromatic N) is 1. The molecular weight excluding hydrogens is 280 g/mol. The van der Waals surface area contributed by atoms with E-state index in [1.165, 1.54) is 11.4 Å². The number of benzene rings is 1. The lowest BCUT2D eigenvalue weighted by atomic mass is 10.1. The van der Waals surface area contributed by atoms with Crippen LogP contribution in [0.2, 0.25) is 0 Å². The number of sulfonamides is 1. The molecule has 1 aliphatic heterocycles. The Labute approximate surface area is 118 Å². The maximum atomic E-state index is 12.4. The van der Waals surface area contributed by atoms with Gasteiger partial charge in [0.15, 0.2) is 0 Å². The fourth-order valence-corrected chi connectivity index (χ4v) is 3.73.